The molecular weight excluding hydrogens is 332 g/mol. The van der Waals surface area contributed by atoms with Crippen molar-refractivity contribution in [3.05, 3.63) is 54.1 Å². The van der Waals surface area contributed by atoms with Crippen molar-refractivity contribution < 1.29 is 19.1 Å². The Morgan fingerprint density at radius 3 is 2.31 bits per heavy atom. The molecule has 0 bridgehead atoms. The molecule has 0 unspecified atom stereocenters. The lowest BCUT2D eigenvalue weighted by molar-refractivity contribution is -0.121. The molecule has 6 heteroatoms. The summed E-state index contributed by atoms with van der Waals surface area (Å²) < 4.78 is 10.5. The number of rotatable bonds is 8. The third-order valence-electron chi connectivity index (χ3n) is 3.95. The van der Waals surface area contributed by atoms with E-state index in [1.54, 1.807) is 30.2 Å². The molecule has 0 saturated carbocycles. The quantitative estimate of drug-likeness (QED) is 0.790. The van der Waals surface area contributed by atoms with E-state index in [2.05, 4.69) is 5.32 Å². The van der Waals surface area contributed by atoms with Crippen LogP contribution in [0.3, 0.4) is 0 Å². The lowest BCUT2D eigenvalue weighted by atomic mass is 10.2. The van der Waals surface area contributed by atoms with Gasteiger partial charge >= 0.3 is 0 Å². The van der Waals surface area contributed by atoms with Gasteiger partial charge in [-0.2, -0.15) is 0 Å². The Morgan fingerprint density at radius 1 is 1.00 bits per heavy atom. The highest BCUT2D eigenvalue weighted by molar-refractivity contribution is 5.92. The van der Waals surface area contributed by atoms with E-state index in [0.717, 1.165) is 5.56 Å². The molecule has 0 aliphatic carbocycles. The van der Waals surface area contributed by atoms with Gasteiger partial charge in [0, 0.05) is 38.2 Å². The van der Waals surface area contributed by atoms with Crippen LogP contribution in [0.4, 0.5) is 5.69 Å². The van der Waals surface area contributed by atoms with Crippen LogP contribution in [0.15, 0.2) is 48.5 Å². The molecule has 2 amide bonds. The van der Waals surface area contributed by atoms with Gasteiger partial charge in [-0.25, -0.2) is 0 Å². The van der Waals surface area contributed by atoms with Gasteiger partial charge in [-0.15, -0.1) is 0 Å². The maximum atomic E-state index is 12.1. The largest absolute Gasteiger partial charge is 0.493 e. The van der Waals surface area contributed by atoms with Crippen molar-refractivity contribution in [3.8, 4) is 11.5 Å². The lowest BCUT2D eigenvalue weighted by Gasteiger charge is -2.22. The van der Waals surface area contributed by atoms with Gasteiger partial charge in [-0.05, 0) is 17.7 Å². The van der Waals surface area contributed by atoms with Crippen molar-refractivity contribution in [2.24, 2.45) is 0 Å². The second-order valence-corrected chi connectivity index (χ2v) is 5.72. The fourth-order valence-electron chi connectivity index (χ4n) is 2.56. The van der Waals surface area contributed by atoms with Crippen molar-refractivity contribution in [1.82, 2.24) is 5.32 Å². The molecule has 0 aromatic heterocycles. The number of methoxy groups -OCH3 is 2. The molecule has 0 aliphatic rings. The van der Waals surface area contributed by atoms with Gasteiger partial charge in [0.25, 0.3) is 0 Å². The number of hydrogen-bond acceptors (Lipinski definition) is 4. The number of amides is 2. The predicted octanol–water partition coefficient (Wildman–Crippen LogP) is 2.76. The molecule has 0 aliphatic heterocycles. The molecule has 138 valence electrons. The number of benzene rings is 2. The van der Waals surface area contributed by atoms with Crippen LogP contribution >= 0.6 is 0 Å². The summed E-state index contributed by atoms with van der Waals surface area (Å²) in [5.41, 5.74) is 1.69. The van der Waals surface area contributed by atoms with Crippen LogP contribution in [0, 0.1) is 0 Å². The van der Waals surface area contributed by atoms with E-state index >= 15 is 0 Å². The molecule has 0 saturated heterocycles. The number of hydrogen-bond donors (Lipinski definition) is 1. The summed E-state index contributed by atoms with van der Waals surface area (Å²) in [6.07, 6.45) is 0.209. The van der Waals surface area contributed by atoms with Crippen LogP contribution in [0.5, 0.6) is 11.5 Å². The summed E-state index contributed by atoms with van der Waals surface area (Å²) in [6, 6.07) is 14.9. The van der Waals surface area contributed by atoms with Gasteiger partial charge in [0.15, 0.2) is 11.5 Å². The molecule has 0 spiro atoms. The van der Waals surface area contributed by atoms with Crippen molar-refractivity contribution in [3.63, 3.8) is 0 Å². The summed E-state index contributed by atoms with van der Waals surface area (Å²) in [5.74, 6) is 0.860. The second-order valence-electron chi connectivity index (χ2n) is 5.72. The highest BCUT2D eigenvalue weighted by Crippen LogP contribution is 2.31. The second kappa shape index (κ2) is 9.46. The zero-order valence-electron chi connectivity index (χ0n) is 15.3. The third kappa shape index (κ3) is 5.24. The number of anilines is 1. The van der Waals surface area contributed by atoms with E-state index in [-0.39, 0.29) is 24.8 Å². The van der Waals surface area contributed by atoms with E-state index in [4.69, 9.17) is 9.47 Å². The van der Waals surface area contributed by atoms with Crippen molar-refractivity contribution in [2.45, 2.75) is 19.9 Å². The first-order chi connectivity index (χ1) is 12.5. The van der Waals surface area contributed by atoms with Gasteiger partial charge < -0.3 is 19.7 Å². The Morgan fingerprint density at radius 2 is 1.69 bits per heavy atom. The molecule has 0 atom stereocenters. The third-order valence-corrected chi connectivity index (χ3v) is 3.95. The van der Waals surface area contributed by atoms with Gasteiger partial charge in [0.1, 0.15) is 0 Å². The van der Waals surface area contributed by atoms with Crippen molar-refractivity contribution >= 4 is 17.5 Å². The van der Waals surface area contributed by atoms with E-state index in [1.165, 1.54) is 14.0 Å². The average molecular weight is 356 g/mol. The van der Waals surface area contributed by atoms with E-state index in [1.807, 2.05) is 30.3 Å². The van der Waals surface area contributed by atoms with Crippen LogP contribution in [-0.2, 0) is 16.1 Å². The topological polar surface area (TPSA) is 67.9 Å². The van der Waals surface area contributed by atoms with Gasteiger partial charge in [0.2, 0.25) is 11.8 Å². The summed E-state index contributed by atoms with van der Waals surface area (Å²) >= 11 is 0. The fraction of sp³-hybridized carbons (Fsp3) is 0.300. The molecule has 0 fully saturated rings. The van der Waals surface area contributed by atoms with Crippen LogP contribution in [-0.4, -0.2) is 32.6 Å². The van der Waals surface area contributed by atoms with Crippen molar-refractivity contribution in [1.29, 1.82) is 0 Å². The SMILES string of the molecule is COc1ccc(N(CCC(=O)NCc2ccccc2)C(C)=O)cc1OC. The molecule has 2 aromatic carbocycles. The fourth-order valence-corrected chi connectivity index (χ4v) is 2.56. The maximum Gasteiger partial charge on any atom is 0.223 e. The molecule has 2 aromatic rings. The number of nitrogens with zero attached hydrogens (tertiary/aromatic N) is 1. The first-order valence-corrected chi connectivity index (χ1v) is 8.36. The standard InChI is InChI=1S/C20H24N2O4/c1-15(23)22(17-9-10-18(25-2)19(13-17)26-3)12-11-20(24)21-14-16-7-5-4-6-8-16/h4-10,13H,11-12,14H2,1-3H3,(H,21,24). The van der Waals surface area contributed by atoms with Crippen LogP contribution in [0.2, 0.25) is 0 Å². The van der Waals surface area contributed by atoms with Crippen LogP contribution < -0.4 is 19.7 Å². The summed E-state index contributed by atoms with van der Waals surface area (Å²) in [4.78, 5) is 25.7. The smallest absolute Gasteiger partial charge is 0.223 e. The molecular formula is C20H24N2O4. The summed E-state index contributed by atoms with van der Waals surface area (Å²) in [6.45, 7) is 2.22. The van der Waals surface area contributed by atoms with Gasteiger partial charge in [-0.3, -0.25) is 9.59 Å². The van der Waals surface area contributed by atoms with Gasteiger partial charge in [0.05, 0.1) is 14.2 Å². The predicted molar refractivity (Wildman–Crippen MR) is 100 cm³/mol. The Bertz CT molecular complexity index is 747. The molecule has 26 heavy (non-hydrogen) atoms. The minimum Gasteiger partial charge on any atom is -0.493 e. The zero-order chi connectivity index (χ0) is 18.9. The number of nitrogens with one attached hydrogen (secondary N) is 1. The summed E-state index contributed by atoms with van der Waals surface area (Å²) in [7, 11) is 3.09. The van der Waals surface area contributed by atoms with E-state index < -0.39 is 0 Å². The Labute approximate surface area is 153 Å². The normalized spacial score (nSPS) is 10.1. The maximum absolute atomic E-state index is 12.1. The van der Waals surface area contributed by atoms with Crippen molar-refractivity contribution in [2.75, 3.05) is 25.7 Å². The number of carbonyl (C=O) groups excluding carboxylic acids is 2. The molecule has 2 rings (SSSR count). The number of carbonyl (C=O) groups is 2. The molecule has 1 N–H and O–H groups in total. The average Bonchev–Trinajstić information content (AvgIpc) is 2.66. The Kier molecular flexibility index (Phi) is 7.02. The first-order valence-electron chi connectivity index (χ1n) is 8.36. The highest BCUT2D eigenvalue weighted by Gasteiger charge is 2.16. The monoisotopic (exact) mass is 356 g/mol. The van der Waals surface area contributed by atoms with Crippen LogP contribution in [0.25, 0.3) is 0 Å². The van der Waals surface area contributed by atoms with Crippen LogP contribution in [0.1, 0.15) is 18.9 Å². The first kappa shape index (κ1) is 19.3. The minimum atomic E-state index is -0.145. The Hall–Kier alpha value is -3.02. The summed E-state index contributed by atoms with van der Waals surface area (Å²) in [5, 5.41) is 2.86. The van der Waals surface area contributed by atoms with E-state index in [0.29, 0.717) is 23.7 Å². The van der Waals surface area contributed by atoms with Gasteiger partial charge in [-0.1, -0.05) is 30.3 Å². The molecule has 0 heterocycles. The molecule has 0 radical (unpaired) electrons. The van der Waals surface area contributed by atoms with E-state index in [9.17, 15) is 9.59 Å². The highest BCUT2D eigenvalue weighted by atomic mass is 16.5. The Balaban J connectivity index is 1.98. The lowest BCUT2D eigenvalue weighted by Crippen LogP contribution is -2.33. The molecule has 6 nitrogen and oxygen atoms in total. The zero-order valence-corrected chi connectivity index (χ0v) is 15.3. The minimum absolute atomic E-state index is 0.111. The number of ether oxygens (including phenoxy) is 2.